The molecule has 1 fully saturated rings. The second-order valence-electron chi connectivity index (χ2n) is 7.42. The van der Waals surface area contributed by atoms with Crippen LogP contribution in [0.1, 0.15) is 50.0 Å². The summed E-state index contributed by atoms with van der Waals surface area (Å²) < 4.78 is 13.9. The average molecular weight is 424 g/mol. The van der Waals surface area contributed by atoms with Crippen molar-refractivity contribution in [2.45, 2.75) is 25.7 Å². The van der Waals surface area contributed by atoms with Gasteiger partial charge in [-0.1, -0.05) is 18.2 Å². The van der Waals surface area contributed by atoms with Crippen molar-refractivity contribution in [1.82, 2.24) is 9.88 Å². The first-order valence-corrected chi connectivity index (χ1v) is 10.8. The van der Waals surface area contributed by atoms with Gasteiger partial charge in [0.1, 0.15) is 5.82 Å². The van der Waals surface area contributed by atoms with Gasteiger partial charge >= 0.3 is 0 Å². The molecule has 1 saturated heterocycles. The van der Waals surface area contributed by atoms with Gasteiger partial charge in [0.15, 0.2) is 0 Å². The summed E-state index contributed by atoms with van der Waals surface area (Å²) in [6.07, 6.45) is 3.75. The predicted octanol–water partition coefficient (Wildman–Crippen LogP) is 4.86. The van der Waals surface area contributed by atoms with E-state index in [9.17, 15) is 14.0 Å². The first kappa shape index (κ1) is 20.2. The summed E-state index contributed by atoms with van der Waals surface area (Å²) in [4.78, 5) is 31.9. The van der Waals surface area contributed by atoms with Gasteiger partial charge in [-0.05, 0) is 49.6 Å². The number of nitrogens with zero attached hydrogens (tertiary/aromatic N) is 2. The molecule has 2 amide bonds. The zero-order chi connectivity index (χ0) is 21.1. The molecular weight excluding hydrogens is 401 g/mol. The zero-order valence-corrected chi connectivity index (χ0v) is 17.4. The van der Waals surface area contributed by atoms with Gasteiger partial charge in [0.25, 0.3) is 11.8 Å². The lowest BCUT2D eigenvalue weighted by Crippen LogP contribution is -2.39. The van der Waals surface area contributed by atoms with Crippen molar-refractivity contribution < 1.29 is 14.0 Å². The molecule has 3 aromatic rings. The number of aryl methyl sites for hydroxylation is 1. The van der Waals surface area contributed by atoms with Gasteiger partial charge in [0, 0.05) is 41.8 Å². The predicted molar refractivity (Wildman–Crippen MR) is 116 cm³/mol. The number of likely N-dealkylation sites (tertiary alicyclic amines) is 1. The van der Waals surface area contributed by atoms with Gasteiger partial charge in [-0.3, -0.25) is 9.59 Å². The van der Waals surface area contributed by atoms with E-state index in [4.69, 9.17) is 0 Å². The second-order valence-corrected chi connectivity index (χ2v) is 8.35. The molecule has 5 nitrogen and oxygen atoms in total. The summed E-state index contributed by atoms with van der Waals surface area (Å²) in [5, 5.41) is 5.76. The summed E-state index contributed by atoms with van der Waals surface area (Å²) >= 11 is 1.62. The van der Waals surface area contributed by atoms with E-state index < -0.39 is 11.7 Å². The average Bonchev–Trinajstić information content (AvgIpc) is 3.30. The number of hydrogen-bond donors (Lipinski definition) is 1. The Morgan fingerprint density at radius 3 is 2.83 bits per heavy atom. The number of carbonyl (C=O) groups excluding carboxylic acids is 2. The second kappa shape index (κ2) is 8.75. The summed E-state index contributed by atoms with van der Waals surface area (Å²) in [5.41, 5.74) is 1.78. The third kappa shape index (κ3) is 4.26. The van der Waals surface area contributed by atoms with Gasteiger partial charge < -0.3 is 10.2 Å². The lowest BCUT2D eigenvalue weighted by atomic mass is 9.97. The minimum Gasteiger partial charge on any atom is -0.338 e. The molecule has 7 heteroatoms. The van der Waals surface area contributed by atoms with Crippen LogP contribution in [-0.4, -0.2) is 34.8 Å². The highest BCUT2D eigenvalue weighted by molar-refractivity contribution is 7.09. The van der Waals surface area contributed by atoms with Crippen molar-refractivity contribution in [2.75, 3.05) is 18.4 Å². The Morgan fingerprint density at radius 1 is 1.23 bits per heavy atom. The van der Waals surface area contributed by atoms with Crippen molar-refractivity contribution in [2.24, 2.45) is 0 Å². The summed E-state index contributed by atoms with van der Waals surface area (Å²) in [5.74, 6) is -0.935. The fourth-order valence-corrected chi connectivity index (χ4v) is 4.47. The Balaban J connectivity index is 1.51. The molecule has 0 aliphatic carbocycles. The summed E-state index contributed by atoms with van der Waals surface area (Å²) in [6.45, 7) is 3.17. The number of thiazole rings is 1. The number of nitrogens with one attached hydrogen (secondary N) is 1. The molecule has 2 aromatic carbocycles. The van der Waals surface area contributed by atoms with Crippen molar-refractivity contribution in [1.29, 1.82) is 0 Å². The van der Waals surface area contributed by atoms with Crippen LogP contribution in [-0.2, 0) is 0 Å². The number of aromatic nitrogens is 1. The summed E-state index contributed by atoms with van der Waals surface area (Å²) in [7, 11) is 0. The minimum atomic E-state index is -0.582. The Bertz CT molecular complexity index is 1070. The van der Waals surface area contributed by atoms with Crippen LogP contribution >= 0.6 is 11.3 Å². The first-order chi connectivity index (χ1) is 14.5. The van der Waals surface area contributed by atoms with Gasteiger partial charge in [-0.2, -0.15) is 0 Å². The highest BCUT2D eigenvalue weighted by Gasteiger charge is 2.27. The molecule has 30 heavy (non-hydrogen) atoms. The Kier molecular flexibility index (Phi) is 5.90. The lowest BCUT2D eigenvalue weighted by Gasteiger charge is -2.32. The molecule has 1 atom stereocenters. The zero-order valence-electron chi connectivity index (χ0n) is 16.6. The van der Waals surface area contributed by atoms with Crippen LogP contribution in [0, 0.1) is 12.7 Å². The van der Waals surface area contributed by atoms with Crippen molar-refractivity contribution in [3.05, 3.63) is 81.6 Å². The topological polar surface area (TPSA) is 62.3 Å². The van der Waals surface area contributed by atoms with E-state index in [2.05, 4.69) is 10.3 Å². The standard InChI is InChI=1S/C23H22FN3O2S/c1-15-8-9-16(13-20(15)26-21(28)18-6-2-3-7-19(18)24)23(29)27-11-4-5-17(14-27)22-25-10-12-30-22/h2-3,6-10,12-13,17H,4-5,11,14H2,1H3,(H,26,28). The van der Waals surface area contributed by atoms with Crippen LogP contribution in [0.15, 0.2) is 54.0 Å². The highest BCUT2D eigenvalue weighted by Crippen LogP contribution is 2.29. The molecule has 1 aliphatic heterocycles. The number of piperidine rings is 1. The minimum absolute atomic E-state index is 0.0315. The molecule has 0 spiro atoms. The van der Waals surface area contributed by atoms with Crippen LogP contribution in [0.25, 0.3) is 0 Å². The lowest BCUT2D eigenvalue weighted by molar-refractivity contribution is 0.0707. The Labute approximate surface area is 178 Å². The van der Waals surface area contributed by atoms with Crippen LogP contribution < -0.4 is 5.32 Å². The van der Waals surface area contributed by atoms with Crippen LogP contribution in [0.5, 0.6) is 0 Å². The molecule has 154 valence electrons. The molecule has 1 N–H and O–H groups in total. The van der Waals surface area contributed by atoms with Crippen molar-refractivity contribution in [3.63, 3.8) is 0 Å². The number of anilines is 1. The number of amides is 2. The third-order valence-corrected chi connectivity index (χ3v) is 6.30. The molecule has 0 saturated carbocycles. The SMILES string of the molecule is Cc1ccc(C(=O)N2CCCC(c3nccs3)C2)cc1NC(=O)c1ccccc1F. The number of rotatable bonds is 4. The molecule has 0 bridgehead atoms. The van der Waals surface area contributed by atoms with E-state index in [1.54, 1.807) is 41.8 Å². The third-order valence-electron chi connectivity index (χ3n) is 5.36. The number of benzene rings is 2. The molecule has 2 heterocycles. The molecule has 1 unspecified atom stereocenters. The van der Waals surface area contributed by atoms with E-state index in [-0.39, 0.29) is 17.4 Å². The quantitative estimate of drug-likeness (QED) is 0.652. The smallest absolute Gasteiger partial charge is 0.258 e. The maximum absolute atomic E-state index is 13.9. The van der Waals surface area contributed by atoms with Crippen LogP contribution in [0.3, 0.4) is 0 Å². The molecule has 1 aliphatic rings. The monoisotopic (exact) mass is 423 g/mol. The van der Waals surface area contributed by atoms with Gasteiger partial charge in [0.05, 0.1) is 10.6 Å². The van der Waals surface area contributed by atoms with Gasteiger partial charge in [-0.25, -0.2) is 9.37 Å². The molecule has 0 radical (unpaired) electrons. The van der Waals surface area contributed by atoms with Crippen LogP contribution in [0.4, 0.5) is 10.1 Å². The molecule has 4 rings (SSSR count). The number of hydrogen-bond acceptors (Lipinski definition) is 4. The molecule has 1 aromatic heterocycles. The first-order valence-electron chi connectivity index (χ1n) is 9.88. The van der Waals surface area contributed by atoms with E-state index in [1.165, 1.54) is 18.2 Å². The van der Waals surface area contributed by atoms with E-state index in [1.807, 2.05) is 17.2 Å². The maximum atomic E-state index is 13.9. The summed E-state index contributed by atoms with van der Waals surface area (Å²) in [6, 6.07) is 11.1. The van der Waals surface area contributed by atoms with Crippen molar-refractivity contribution >= 4 is 28.8 Å². The largest absolute Gasteiger partial charge is 0.338 e. The normalized spacial score (nSPS) is 16.3. The fourth-order valence-electron chi connectivity index (χ4n) is 3.71. The van der Waals surface area contributed by atoms with Gasteiger partial charge in [-0.15, -0.1) is 11.3 Å². The fraction of sp³-hybridized carbons (Fsp3) is 0.261. The maximum Gasteiger partial charge on any atom is 0.258 e. The number of carbonyl (C=O) groups is 2. The van der Waals surface area contributed by atoms with Crippen molar-refractivity contribution in [3.8, 4) is 0 Å². The van der Waals surface area contributed by atoms with Crippen LogP contribution in [0.2, 0.25) is 0 Å². The van der Waals surface area contributed by atoms with E-state index >= 15 is 0 Å². The van der Waals surface area contributed by atoms with Gasteiger partial charge in [0.2, 0.25) is 0 Å². The number of halogens is 1. The van der Waals surface area contributed by atoms with E-state index in [0.717, 1.165) is 23.4 Å². The Morgan fingerprint density at radius 2 is 2.07 bits per heavy atom. The molecular formula is C23H22FN3O2S. The highest BCUT2D eigenvalue weighted by atomic mass is 32.1. The van der Waals surface area contributed by atoms with E-state index in [0.29, 0.717) is 24.3 Å². The Hall–Kier alpha value is -3.06.